The average molecular weight is 300 g/mol. The zero-order valence-corrected chi connectivity index (χ0v) is 13.4. The molecule has 4 rings (SSSR count). The Kier molecular flexibility index (Phi) is 2.68. The number of ketones is 1. The van der Waals surface area contributed by atoms with Crippen LogP contribution in [0.1, 0.15) is 46.0 Å². The molecular weight excluding hydrogens is 276 g/mol. The number of carbonyl (C=O) groups excluding carboxylic acids is 1. The molecule has 0 amide bonds. The highest BCUT2D eigenvalue weighted by Gasteiger charge is 2.60. The summed E-state index contributed by atoms with van der Waals surface area (Å²) < 4.78 is 0. The highest BCUT2D eigenvalue weighted by molar-refractivity contribution is 6.08. The van der Waals surface area contributed by atoms with E-state index in [9.17, 15) is 15.0 Å². The van der Waals surface area contributed by atoms with Crippen LogP contribution in [0, 0.1) is 22.2 Å². The summed E-state index contributed by atoms with van der Waals surface area (Å²) >= 11 is 0. The van der Waals surface area contributed by atoms with Crippen molar-refractivity contribution in [1.82, 2.24) is 0 Å². The fraction of sp³-hybridized carbons (Fsp3) is 0.632. The minimum atomic E-state index is -0.226. The van der Waals surface area contributed by atoms with Crippen molar-refractivity contribution in [2.24, 2.45) is 22.2 Å². The number of aliphatic hydroxyl groups is 2. The predicted molar refractivity (Wildman–Crippen MR) is 84.2 cm³/mol. The maximum absolute atomic E-state index is 12.1. The Morgan fingerprint density at radius 3 is 2.82 bits per heavy atom. The first-order chi connectivity index (χ1) is 10.4. The molecule has 4 unspecified atom stereocenters. The van der Waals surface area contributed by atoms with Gasteiger partial charge in [-0.1, -0.05) is 24.6 Å². The van der Waals surface area contributed by atoms with Crippen LogP contribution in [0.5, 0.6) is 0 Å². The molecule has 4 atom stereocenters. The molecule has 118 valence electrons. The molecule has 0 heterocycles. The second-order valence-electron chi connectivity index (χ2n) is 8.10. The van der Waals surface area contributed by atoms with Gasteiger partial charge in [0, 0.05) is 16.4 Å². The van der Waals surface area contributed by atoms with Gasteiger partial charge in [-0.3, -0.25) is 4.79 Å². The molecule has 3 heteroatoms. The van der Waals surface area contributed by atoms with E-state index in [0.717, 1.165) is 37.7 Å². The first-order valence-electron chi connectivity index (χ1n) is 8.34. The summed E-state index contributed by atoms with van der Waals surface area (Å²) in [6.45, 7) is 4.29. The van der Waals surface area contributed by atoms with Crippen LogP contribution in [-0.4, -0.2) is 22.6 Å². The second-order valence-corrected chi connectivity index (χ2v) is 8.10. The third-order valence-electron chi connectivity index (χ3n) is 7.07. The Bertz CT molecular complexity index is 656. The zero-order valence-electron chi connectivity index (χ0n) is 13.4. The first-order valence-corrected chi connectivity index (χ1v) is 8.34. The fourth-order valence-electron chi connectivity index (χ4n) is 5.97. The lowest BCUT2D eigenvalue weighted by Gasteiger charge is -2.57. The van der Waals surface area contributed by atoms with Crippen molar-refractivity contribution in [2.75, 3.05) is 6.61 Å². The Labute approximate surface area is 131 Å². The van der Waals surface area contributed by atoms with Gasteiger partial charge < -0.3 is 10.2 Å². The molecule has 4 aliphatic rings. The van der Waals surface area contributed by atoms with Crippen LogP contribution in [0.4, 0.5) is 0 Å². The number of rotatable bonds is 1. The van der Waals surface area contributed by atoms with Crippen LogP contribution < -0.4 is 0 Å². The smallest absolute Gasteiger partial charge is 0.222 e. The summed E-state index contributed by atoms with van der Waals surface area (Å²) in [6.07, 6.45) is 11.4. The Morgan fingerprint density at radius 1 is 1.32 bits per heavy atom. The molecular formula is C19H24O3. The Balaban J connectivity index is 1.83. The predicted octanol–water partition coefficient (Wildman–Crippen LogP) is 3.46. The molecule has 2 N–H and O–H groups in total. The van der Waals surface area contributed by atoms with Crippen LogP contribution in [0.25, 0.3) is 0 Å². The molecule has 4 aliphatic carbocycles. The van der Waals surface area contributed by atoms with Crippen LogP contribution in [0.3, 0.4) is 0 Å². The number of aliphatic hydroxyl groups excluding tert-OH is 2. The van der Waals surface area contributed by atoms with E-state index in [1.165, 1.54) is 5.57 Å². The van der Waals surface area contributed by atoms with Crippen molar-refractivity contribution in [2.45, 2.75) is 46.0 Å². The first kappa shape index (κ1) is 14.3. The van der Waals surface area contributed by atoms with E-state index in [0.29, 0.717) is 5.92 Å². The van der Waals surface area contributed by atoms with E-state index in [1.54, 1.807) is 0 Å². The van der Waals surface area contributed by atoms with Gasteiger partial charge in [-0.2, -0.15) is 0 Å². The summed E-state index contributed by atoms with van der Waals surface area (Å²) in [5.74, 6) is 0.125. The minimum absolute atomic E-state index is 0.0284. The van der Waals surface area contributed by atoms with Gasteiger partial charge in [0.1, 0.15) is 0 Å². The normalized spacial score (nSPS) is 46.4. The highest BCUT2D eigenvalue weighted by atomic mass is 16.3. The Morgan fingerprint density at radius 2 is 2.09 bits per heavy atom. The monoisotopic (exact) mass is 300 g/mol. The van der Waals surface area contributed by atoms with Gasteiger partial charge in [-0.05, 0) is 56.4 Å². The maximum Gasteiger partial charge on any atom is 0.222 e. The van der Waals surface area contributed by atoms with E-state index in [-0.39, 0.29) is 34.4 Å². The van der Waals surface area contributed by atoms with Gasteiger partial charge in [0.05, 0.1) is 6.61 Å². The van der Waals surface area contributed by atoms with Gasteiger partial charge in [-0.25, -0.2) is 0 Å². The van der Waals surface area contributed by atoms with Crippen molar-refractivity contribution in [1.29, 1.82) is 0 Å². The molecule has 0 saturated heterocycles. The third kappa shape index (κ3) is 1.53. The third-order valence-corrected chi connectivity index (χ3v) is 7.07. The van der Waals surface area contributed by atoms with Crippen molar-refractivity contribution in [3.8, 4) is 0 Å². The van der Waals surface area contributed by atoms with Crippen LogP contribution in [0.2, 0.25) is 0 Å². The van der Waals surface area contributed by atoms with Gasteiger partial charge in [0.2, 0.25) is 5.78 Å². The summed E-state index contributed by atoms with van der Waals surface area (Å²) in [5, 5.41) is 19.9. The molecule has 2 saturated carbocycles. The quantitative estimate of drug-likeness (QED) is 0.729. The fourth-order valence-corrected chi connectivity index (χ4v) is 5.97. The topological polar surface area (TPSA) is 57.5 Å². The molecule has 0 aromatic heterocycles. The number of allylic oxidation sites excluding steroid dienone is 4. The second kappa shape index (κ2) is 4.14. The van der Waals surface area contributed by atoms with Crippen LogP contribution in [-0.2, 0) is 4.79 Å². The standard InChI is InChI=1S/C19H24O3/c1-12-13-3-6-19-8-7-18(10-19,11-20)5-4-15(19)17(13,2)9-14(21)16(12)22/h7-9,15,20-21H,3-6,10-11H2,1-2H3. The lowest BCUT2D eigenvalue weighted by atomic mass is 9.47. The lowest BCUT2D eigenvalue weighted by molar-refractivity contribution is -0.115. The molecule has 2 fully saturated rings. The number of hydrogen-bond acceptors (Lipinski definition) is 3. The van der Waals surface area contributed by atoms with E-state index in [2.05, 4.69) is 19.1 Å². The maximum atomic E-state index is 12.1. The van der Waals surface area contributed by atoms with Gasteiger partial charge in [-0.15, -0.1) is 0 Å². The van der Waals surface area contributed by atoms with Crippen molar-refractivity contribution >= 4 is 5.78 Å². The molecule has 0 aromatic carbocycles. The van der Waals surface area contributed by atoms with Gasteiger partial charge >= 0.3 is 0 Å². The molecule has 2 bridgehead atoms. The van der Waals surface area contributed by atoms with E-state index < -0.39 is 0 Å². The molecule has 3 nitrogen and oxygen atoms in total. The number of carbonyl (C=O) groups is 1. The zero-order chi connectivity index (χ0) is 15.8. The van der Waals surface area contributed by atoms with Crippen molar-refractivity contribution < 1.29 is 15.0 Å². The summed E-state index contributed by atoms with van der Waals surface area (Å²) in [6, 6.07) is 0. The van der Waals surface area contributed by atoms with Gasteiger partial charge in [0.15, 0.2) is 5.76 Å². The van der Waals surface area contributed by atoms with E-state index in [4.69, 9.17) is 0 Å². The largest absolute Gasteiger partial charge is 0.504 e. The minimum Gasteiger partial charge on any atom is -0.504 e. The summed E-state index contributed by atoms with van der Waals surface area (Å²) in [5.41, 5.74) is 1.84. The number of fused-ring (bicyclic) bond motifs is 3. The number of hydrogen-bond donors (Lipinski definition) is 2. The SMILES string of the molecule is CC1=C2CCC34C=CC(CO)(CCC3C2(C)C=C(O)C1=O)C4. The molecule has 1 spiro atoms. The molecule has 0 aliphatic heterocycles. The number of Topliss-reactive ketones (excluding diaryl/α,β-unsaturated/α-hetero) is 1. The van der Waals surface area contributed by atoms with E-state index in [1.807, 2.05) is 13.0 Å². The molecule has 0 radical (unpaired) electrons. The lowest BCUT2D eigenvalue weighted by Crippen LogP contribution is -2.50. The summed E-state index contributed by atoms with van der Waals surface area (Å²) in [7, 11) is 0. The molecule has 0 aromatic rings. The summed E-state index contributed by atoms with van der Waals surface area (Å²) in [4.78, 5) is 12.1. The molecule has 22 heavy (non-hydrogen) atoms. The van der Waals surface area contributed by atoms with Gasteiger partial charge in [0.25, 0.3) is 0 Å². The average Bonchev–Trinajstić information content (AvgIpc) is 2.77. The van der Waals surface area contributed by atoms with E-state index >= 15 is 0 Å². The highest BCUT2D eigenvalue weighted by Crippen LogP contribution is 2.68. The Hall–Kier alpha value is -1.35. The van der Waals surface area contributed by atoms with Crippen molar-refractivity contribution in [3.05, 3.63) is 35.1 Å². The van der Waals surface area contributed by atoms with Crippen molar-refractivity contribution in [3.63, 3.8) is 0 Å². The van der Waals surface area contributed by atoms with Crippen LogP contribution in [0.15, 0.2) is 35.1 Å². The van der Waals surface area contributed by atoms with Crippen LogP contribution >= 0.6 is 0 Å².